The van der Waals surface area contributed by atoms with Crippen LogP contribution < -0.4 is 4.90 Å². The molecular weight excluding hydrogens is 240 g/mol. The molecule has 104 valence electrons. The van der Waals surface area contributed by atoms with E-state index in [0.717, 1.165) is 37.3 Å². The van der Waals surface area contributed by atoms with E-state index < -0.39 is 0 Å². The Hall–Kier alpha value is -1.39. The number of carbonyl (C=O) groups excluding carboxylic acids is 1. The van der Waals surface area contributed by atoms with Crippen LogP contribution in [-0.2, 0) is 0 Å². The molecule has 1 aliphatic heterocycles. The lowest BCUT2D eigenvalue weighted by atomic mass is 10.1. The van der Waals surface area contributed by atoms with E-state index in [2.05, 4.69) is 16.8 Å². The number of likely N-dealkylation sites (N-methyl/N-ethyl adjacent to an activating group) is 1. The lowest BCUT2D eigenvalue weighted by Gasteiger charge is -2.28. The van der Waals surface area contributed by atoms with Crippen molar-refractivity contribution >= 4 is 11.5 Å². The molecule has 1 fully saturated rings. The van der Waals surface area contributed by atoms with E-state index >= 15 is 0 Å². The quantitative estimate of drug-likeness (QED) is 0.836. The summed E-state index contributed by atoms with van der Waals surface area (Å²) in [5.74, 6) is 0.0929. The Morgan fingerprint density at radius 2 is 2.00 bits per heavy atom. The molecule has 1 aromatic rings. The van der Waals surface area contributed by atoms with E-state index in [1.54, 1.807) is 6.92 Å². The van der Waals surface area contributed by atoms with Crippen LogP contribution in [0.2, 0.25) is 0 Å². The standard InChI is InChI=1S/C15H22N2O2/c1-12(19)13-4-6-14(7-5-13)17-9-3-8-16(2)15(10-17)11-18/h4-7,15,18H,3,8-11H2,1-2H3. The maximum absolute atomic E-state index is 11.3. The van der Waals surface area contributed by atoms with Gasteiger partial charge in [0.15, 0.2) is 5.78 Å². The van der Waals surface area contributed by atoms with Crippen LogP contribution in [0.5, 0.6) is 0 Å². The third-order valence-corrected chi connectivity index (χ3v) is 3.84. The van der Waals surface area contributed by atoms with Gasteiger partial charge in [0, 0.05) is 30.4 Å². The first-order valence-corrected chi connectivity index (χ1v) is 6.79. The lowest BCUT2D eigenvalue weighted by Crippen LogP contribution is -2.41. The van der Waals surface area contributed by atoms with Crippen molar-refractivity contribution in [3.05, 3.63) is 29.8 Å². The number of aliphatic hydroxyl groups is 1. The lowest BCUT2D eigenvalue weighted by molar-refractivity contribution is 0.101. The van der Waals surface area contributed by atoms with E-state index in [-0.39, 0.29) is 18.4 Å². The predicted octanol–water partition coefficient (Wildman–Crippen LogP) is 1.39. The number of hydrogen-bond acceptors (Lipinski definition) is 4. The van der Waals surface area contributed by atoms with Crippen molar-refractivity contribution in [3.8, 4) is 0 Å². The van der Waals surface area contributed by atoms with E-state index in [1.807, 2.05) is 24.3 Å². The molecule has 0 saturated carbocycles. The minimum Gasteiger partial charge on any atom is -0.395 e. The fourth-order valence-corrected chi connectivity index (χ4v) is 2.52. The third kappa shape index (κ3) is 3.33. The number of rotatable bonds is 3. The van der Waals surface area contributed by atoms with Gasteiger partial charge < -0.3 is 10.0 Å². The highest BCUT2D eigenvalue weighted by molar-refractivity contribution is 5.94. The zero-order valence-electron chi connectivity index (χ0n) is 11.7. The molecule has 2 rings (SSSR count). The highest BCUT2D eigenvalue weighted by Crippen LogP contribution is 2.19. The summed E-state index contributed by atoms with van der Waals surface area (Å²) < 4.78 is 0. The number of ketones is 1. The second-order valence-corrected chi connectivity index (χ2v) is 5.22. The Bertz CT molecular complexity index is 430. The van der Waals surface area contributed by atoms with Gasteiger partial charge in [0.05, 0.1) is 6.61 Å². The number of nitrogens with zero attached hydrogens (tertiary/aromatic N) is 2. The van der Waals surface area contributed by atoms with Gasteiger partial charge in [0.2, 0.25) is 0 Å². The van der Waals surface area contributed by atoms with Crippen LogP contribution in [0.25, 0.3) is 0 Å². The normalized spacial score (nSPS) is 21.2. The first-order valence-electron chi connectivity index (χ1n) is 6.79. The molecule has 4 heteroatoms. The zero-order chi connectivity index (χ0) is 13.8. The molecule has 1 saturated heterocycles. The molecule has 1 N–H and O–H groups in total. The molecule has 19 heavy (non-hydrogen) atoms. The summed E-state index contributed by atoms with van der Waals surface area (Å²) in [6.45, 7) is 4.58. The number of carbonyl (C=O) groups is 1. The molecule has 1 heterocycles. The van der Waals surface area contributed by atoms with Crippen molar-refractivity contribution in [2.24, 2.45) is 0 Å². The average molecular weight is 262 g/mol. The molecule has 1 atom stereocenters. The molecule has 0 aliphatic carbocycles. The second-order valence-electron chi connectivity index (χ2n) is 5.22. The van der Waals surface area contributed by atoms with Gasteiger partial charge >= 0.3 is 0 Å². The molecule has 1 aromatic carbocycles. The van der Waals surface area contributed by atoms with Gasteiger partial charge in [-0.15, -0.1) is 0 Å². The molecule has 1 unspecified atom stereocenters. The van der Waals surface area contributed by atoms with Crippen LogP contribution in [0.4, 0.5) is 5.69 Å². The van der Waals surface area contributed by atoms with Crippen LogP contribution >= 0.6 is 0 Å². The fourth-order valence-electron chi connectivity index (χ4n) is 2.52. The van der Waals surface area contributed by atoms with Crippen molar-refractivity contribution in [2.75, 3.05) is 38.2 Å². The molecule has 1 aliphatic rings. The molecule has 0 bridgehead atoms. The van der Waals surface area contributed by atoms with E-state index in [4.69, 9.17) is 0 Å². The highest BCUT2D eigenvalue weighted by atomic mass is 16.3. The summed E-state index contributed by atoms with van der Waals surface area (Å²) in [5.41, 5.74) is 1.87. The van der Waals surface area contributed by atoms with Crippen molar-refractivity contribution < 1.29 is 9.90 Å². The van der Waals surface area contributed by atoms with E-state index in [1.165, 1.54) is 0 Å². The van der Waals surface area contributed by atoms with Crippen LogP contribution in [0.3, 0.4) is 0 Å². The van der Waals surface area contributed by atoms with Gasteiger partial charge in [0.25, 0.3) is 0 Å². The van der Waals surface area contributed by atoms with Crippen LogP contribution in [0.1, 0.15) is 23.7 Å². The van der Waals surface area contributed by atoms with Crippen LogP contribution in [-0.4, -0.2) is 55.1 Å². The van der Waals surface area contributed by atoms with Crippen LogP contribution in [0, 0.1) is 0 Å². The Morgan fingerprint density at radius 3 is 2.58 bits per heavy atom. The minimum atomic E-state index is 0.0929. The van der Waals surface area contributed by atoms with Gasteiger partial charge in [-0.05, 0) is 51.2 Å². The smallest absolute Gasteiger partial charge is 0.159 e. The van der Waals surface area contributed by atoms with Crippen molar-refractivity contribution in [1.29, 1.82) is 0 Å². The predicted molar refractivity (Wildman–Crippen MR) is 76.8 cm³/mol. The summed E-state index contributed by atoms with van der Waals surface area (Å²) in [6.07, 6.45) is 1.08. The Labute approximate surface area is 114 Å². The molecule has 0 aromatic heterocycles. The molecule has 0 amide bonds. The first kappa shape index (κ1) is 14.0. The second kappa shape index (κ2) is 6.17. The van der Waals surface area contributed by atoms with Crippen molar-refractivity contribution in [2.45, 2.75) is 19.4 Å². The summed E-state index contributed by atoms with van der Waals surface area (Å²) in [4.78, 5) is 15.8. The van der Waals surface area contributed by atoms with Gasteiger partial charge in [-0.3, -0.25) is 9.69 Å². The summed E-state index contributed by atoms with van der Waals surface area (Å²) >= 11 is 0. The number of benzene rings is 1. The first-order chi connectivity index (χ1) is 9.11. The number of aliphatic hydroxyl groups excluding tert-OH is 1. The van der Waals surface area contributed by atoms with Gasteiger partial charge in [-0.1, -0.05) is 0 Å². The van der Waals surface area contributed by atoms with Gasteiger partial charge in [0.1, 0.15) is 0 Å². The average Bonchev–Trinajstić information content (AvgIpc) is 2.60. The van der Waals surface area contributed by atoms with Gasteiger partial charge in [-0.25, -0.2) is 0 Å². The Morgan fingerprint density at radius 1 is 1.32 bits per heavy atom. The van der Waals surface area contributed by atoms with Crippen LogP contribution in [0.15, 0.2) is 24.3 Å². The zero-order valence-corrected chi connectivity index (χ0v) is 11.7. The fraction of sp³-hybridized carbons (Fsp3) is 0.533. The number of anilines is 1. The van der Waals surface area contributed by atoms with E-state index in [9.17, 15) is 9.90 Å². The minimum absolute atomic E-state index is 0.0929. The maximum Gasteiger partial charge on any atom is 0.159 e. The Balaban J connectivity index is 2.13. The largest absolute Gasteiger partial charge is 0.395 e. The number of Topliss-reactive ketones (excluding diaryl/α,β-unsaturated/α-hetero) is 1. The molecular formula is C15H22N2O2. The summed E-state index contributed by atoms with van der Waals surface area (Å²) in [6, 6.07) is 7.92. The summed E-state index contributed by atoms with van der Waals surface area (Å²) in [5, 5.41) is 9.46. The molecule has 0 radical (unpaired) electrons. The highest BCUT2D eigenvalue weighted by Gasteiger charge is 2.21. The van der Waals surface area contributed by atoms with Gasteiger partial charge in [-0.2, -0.15) is 0 Å². The molecule has 0 spiro atoms. The number of hydrogen-bond donors (Lipinski definition) is 1. The monoisotopic (exact) mass is 262 g/mol. The Kier molecular flexibility index (Phi) is 4.56. The topological polar surface area (TPSA) is 43.8 Å². The third-order valence-electron chi connectivity index (χ3n) is 3.84. The van der Waals surface area contributed by atoms with Crippen molar-refractivity contribution in [3.63, 3.8) is 0 Å². The SMILES string of the molecule is CC(=O)c1ccc(N2CCCN(C)C(CO)C2)cc1. The van der Waals surface area contributed by atoms with E-state index in [0.29, 0.717) is 0 Å². The molecule has 4 nitrogen and oxygen atoms in total. The summed E-state index contributed by atoms with van der Waals surface area (Å²) in [7, 11) is 2.06. The van der Waals surface area contributed by atoms with Crippen molar-refractivity contribution in [1.82, 2.24) is 4.90 Å². The maximum atomic E-state index is 11.3.